The maximum atomic E-state index is 13.1. The van der Waals surface area contributed by atoms with Crippen LogP contribution in [0, 0.1) is 24.1 Å². The molecule has 0 aliphatic carbocycles. The number of nitrogens with one attached hydrogen (secondary N) is 1. The van der Waals surface area contributed by atoms with E-state index in [2.05, 4.69) is 11.4 Å². The van der Waals surface area contributed by atoms with E-state index in [9.17, 15) is 4.39 Å². The third-order valence-corrected chi connectivity index (χ3v) is 3.50. The van der Waals surface area contributed by atoms with Crippen LogP contribution in [0.1, 0.15) is 29.7 Å². The average Bonchev–Trinajstić information content (AvgIpc) is 2.41. The van der Waals surface area contributed by atoms with Gasteiger partial charge in [-0.25, -0.2) is 4.39 Å². The van der Waals surface area contributed by atoms with Crippen LogP contribution in [0.5, 0.6) is 0 Å². The molecule has 0 saturated heterocycles. The van der Waals surface area contributed by atoms with Crippen LogP contribution in [0.2, 0.25) is 5.02 Å². The normalized spacial score (nSPS) is 11.8. The van der Waals surface area contributed by atoms with Crippen LogP contribution in [0.3, 0.4) is 0 Å². The smallest absolute Gasteiger partial charge is 0.124 e. The van der Waals surface area contributed by atoms with Crippen LogP contribution >= 0.6 is 11.6 Å². The zero-order valence-electron chi connectivity index (χ0n) is 11.2. The van der Waals surface area contributed by atoms with Gasteiger partial charge in [0.05, 0.1) is 17.7 Å². The molecular weight excluding hydrogens is 275 g/mol. The summed E-state index contributed by atoms with van der Waals surface area (Å²) in [5.74, 6) is -0.353. The molecule has 102 valence electrons. The Labute approximate surface area is 122 Å². The number of hydrogen-bond acceptors (Lipinski definition) is 2. The number of nitriles is 1. The highest BCUT2D eigenvalue weighted by atomic mass is 35.5. The Balaban J connectivity index is 2.27. The molecule has 20 heavy (non-hydrogen) atoms. The topological polar surface area (TPSA) is 35.8 Å². The van der Waals surface area contributed by atoms with Gasteiger partial charge in [0.25, 0.3) is 0 Å². The van der Waals surface area contributed by atoms with E-state index in [1.54, 1.807) is 18.2 Å². The van der Waals surface area contributed by atoms with Gasteiger partial charge < -0.3 is 5.32 Å². The van der Waals surface area contributed by atoms with Crippen molar-refractivity contribution in [1.29, 1.82) is 5.26 Å². The van der Waals surface area contributed by atoms with Crippen molar-refractivity contribution in [2.75, 3.05) is 5.32 Å². The number of nitrogens with zero attached hydrogens (tertiary/aromatic N) is 1. The standard InChI is InChI=1S/C16H14ClFN2/c1-10-3-4-12(9-19)7-16(10)20-11(2)14-6-5-13(18)8-15(14)17/h3-8,11,20H,1-2H3. The molecule has 4 heteroatoms. The van der Waals surface area contributed by atoms with Gasteiger partial charge in [-0.1, -0.05) is 23.7 Å². The van der Waals surface area contributed by atoms with Crippen LogP contribution in [0.15, 0.2) is 36.4 Å². The van der Waals surface area contributed by atoms with Gasteiger partial charge in [-0.3, -0.25) is 0 Å². The molecule has 0 aliphatic rings. The summed E-state index contributed by atoms with van der Waals surface area (Å²) < 4.78 is 13.1. The van der Waals surface area contributed by atoms with Gasteiger partial charge in [0, 0.05) is 10.7 Å². The molecule has 0 bridgehead atoms. The molecule has 2 rings (SSSR count). The molecule has 1 N–H and O–H groups in total. The summed E-state index contributed by atoms with van der Waals surface area (Å²) >= 11 is 6.06. The van der Waals surface area contributed by atoms with Crippen molar-refractivity contribution in [3.8, 4) is 6.07 Å². The lowest BCUT2D eigenvalue weighted by molar-refractivity contribution is 0.626. The number of aryl methyl sites for hydroxylation is 1. The minimum absolute atomic E-state index is 0.0873. The average molecular weight is 289 g/mol. The second kappa shape index (κ2) is 5.94. The fraction of sp³-hybridized carbons (Fsp3) is 0.188. The summed E-state index contributed by atoms with van der Waals surface area (Å²) in [7, 11) is 0. The molecule has 0 amide bonds. The largest absolute Gasteiger partial charge is 0.378 e. The highest BCUT2D eigenvalue weighted by Gasteiger charge is 2.11. The van der Waals surface area contributed by atoms with Crippen LogP contribution in [0.4, 0.5) is 10.1 Å². The number of hydrogen-bond donors (Lipinski definition) is 1. The van der Waals surface area contributed by atoms with Gasteiger partial charge >= 0.3 is 0 Å². The number of rotatable bonds is 3. The maximum absolute atomic E-state index is 13.1. The van der Waals surface area contributed by atoms with Crippen molar-refractivity contribution in [3.63, 3.8) is 0 Å². The zero-order valence-corrected chi connectivity index (χ0v) is 12.0. The predicted molar refractivity (Wildman–Crippen MR) is 79.3 cm³/mol. The number of anilines is 1. The van der Waals surface area contributed by atoms with E-state index in [0.29, 0.717) is 10.6 Å². The first-order chi connectivity index (χ1) is 9.51. The van der Waals surface area contributed by atoms with Crippen molar-refractivity contribution in [1.82, 2.24) is 0 Å². The quantitative estimate of drug-likeness (QED) is 0.878. The summed E-state index contributed by atoms with van der Waals surface area (Å²) in [5.41, 5.74) is 3.32. The van der Waals surface area contributed by atoms with E-state index >= 15 is 0 Å². The first-order valence-electron chi connectivity index (χ1n) is 6.23. The lowest BCUT2D eigenvalue weighted by Gasteiger charge is -2.18. The zero-order chi connectivity index (χ0) is 14.7. The van der Waals surface area contributed by atoms with E-state index in [1.165, 1.54) is 12.1 Å². The van der Waals surface area contributed by atoms with Gasteiger partial charge in [-0.05, 0) is 49.2 Å². The molecule has 0 spiro atoms. The van der Waals surface area contributed by atoms with Crippen molar-refractivity contribution in [3.05, 3.63) is 63.9 Å². The molecule has 0 heterocycles. The minimum Gasteiger partial charge on any atom is -0.378 e. The molecule has 1 atom stereocenters. The molecular formula is C16H14ClFN2. The van der Waals surface area contributed by atoms with E-state index in [1.807, 2.05) is 19.9 Å². The third kappa shape index (κ3) is 3.09. The van der Waals surface area contributed by atoms with Gasteiger partial charge in [0.2, 0.25) is 0 Å². The molecule has 2 aromatic rings. The molecule has 1 unspecified atom stereocenters. The van der Waals surface area contributed by atoms with Gasteiger partial charge in [0.15, 0.2) is 0 Å². The monoisotopic (exact) mass is 288 g/mol. The predicted octanol–water partition coefficient (Wildman–Crippen LogP) is 4.83. The first-order valence-corrected chi connectivity index (χ1v) is 6.61. The first kappa shape index (κ1) is 14.4. The van der Waals surface area contributed by atoms with E-state index in [0.717, 1.165) is 16.8 Å². The number of halogens is 2. The SMILES string of the molecule is Cc1ccc(C#N)cc1NC(C)c1ccc(F)cc1Cl. The second-order valence-electron chi connectivity index (χ2n) is 4.67. The van der Waals surface area contributed by atoms with Crippen molar-refractivity contribution in [2.45, 2.75) is 19.9 Å². The van der Waals surface area contributed by atoms with Crippen LogP contribution in [0.25, 0.3) is 0 Å². The Kier molecular flexibility index (Phi) is 4.26. The Hall–Kier alpha value is -2.05. The lowest BCUT2D eigenvalue weighted by atomic mass is 10.1. The van der Waals surface area contributed by atoms with Crippen molar-refractivity contribution in [2.24, 2.45) is 0 Å². The minimum atomic E-state index is -0.353. The Morgan fingerprint density at radius 1 is 1.25 bits per heavy atom. The summed E-state index contributed by atoms with van der Waals surface area (Å²) in [5, 5.41) is 12.6. The van der Waals surface area contributed by atoms with Gasteiger partial charge in [-0.15, -0.1) is 0 Å². The van der Waals surface area contributed by atoms with Crippen LogP contribution in [-0.4, -0.2) is 0 Å². The van der Waals surface area contributed by atoms with Crippen LogP contribution < -0.4 is 5.32 Å². The van der Waals surface area contributed by atoms with E-state index < -0.39 is 0 Å². The molecule has 0 radical (unpaired) electrons. The van der Waals surface area contributed by atoms with Crippen molar-refractivity contribution < 1.29 is 4.39 Å². The summed E-state index contributed by atoms with van der Waals surface area (Å²) in [6, 6.07) is 11.8. The highest BCUT2D eigenvalue weighted by molar-refractivity contribution is 6.31. The summed E-state index contributed by atoms with van der Waals surface area (Å²) in [4.78, 5) is 0. The van der Waals surface area contributed by atoms with Gasteiger partial charge in [-0.2, -0.15) is 5.26 Å². The van der Waals surface area contributed by atoms with Crippen LogP contribution in [-0.2, 0) is 0 Å². The Morgan fingerprint density at radius 3 is 2.65 bits per heavy atom. The highest BCUT2D eigenvalue weighted by Crippen LogP contribution is 2.28. The summed E-state index contributed by atoms with van der Waals surface area (Å²) in [6.07, 6.45) is 0. The van der Waals surface area contributed by atoms with Crippen molar-refractivity contribution >= 4 is 17.3 Å². The second-order valence-corrected chi connectivity index (χ2v) is 5.08. The maximum Gasteiger partial charge on any atom is 0.124 e. The molecule has 0 fully saturated rings. The fourth-order valence-corrected chi connectivity index (χ4v) is 2.34. The van der Waals surface area contributed by atoms with E-state index in [-0.39, 0.29) is 11.9 Å². The lowest BCUT2D eigenvalue weighted by Crippen LogP contribution is -2.08. The summed E-state index contributed by atoms with van der Waals surface area (Å²) in [6.45, 7) is 3.90. The third-order valence-electron chi connectivity index (χ3n) is 3.17. The molecule has 0 saturated carbocycles. The fourth-order valence-electron chi connectivity index (χ4n) is 2.01. The van der Waals surface area contributed by atoms with E-state index in [4.69, 9.17) is 16.9 Å². The molecule has 0 aromatic heterocycles. The molecule has 2 aromatic carbocycles. The Bertz CT molecular complexity index is 677. The number of benzene rings is 2. The van der Waals surface area contributed by atoms with Gasteiger partial charge in [0.1, 0.15) is 5.82 Å². The molecule has 0 aliphatic heterocycles. The Morgan fingerprint density at radius 2 is 2.00 bits per heavy atom. The molecule has 2 nitrogen and oxygen atoms in total.